The van der Waals surface area contributed by atoms with Gasteiger partial charge in [-0.2, -0.15) is 0 Å². The summed E-state index contributed by atoms with van der Waals surface area (Å²) in [4.78, 5) is 0. The summed E-state index contributed by atoms with van der Waals surface area (Å²) in [6, 6.07) is 5.31. The summed E-state index contributed by atoms with van der Waals surface area (Å²) >= 11 is -2.75. The van der Waals surface area contributed by atoms with Crippen molar-refractivity contribution in [1.29, 1.82) is 0 Å². The third-order valence-corrected chi connectivity index (χ3v) is 20.7. The van der Waals surface area contributed by atoms with E-state index in [-0.39, 0.29) is 5.75 Å². The first-order chi connectivity index (χ1) is 13.0. The summed E-state index contributed by atoms with van der Waals surface area (Å²) in [5, 5.41) is 6.06. The normalized spacial score (nSPS) is 12.3. The van der Waals surface area contributed by atoms with E-state index in [1.54, 1.807) is 12.1 Å². The molecule has 0 fully saturated rings. The Balaban J connectivity index is 2.58. The second-order valence-electron chi connectivity index (χ2n) is 7.62. The average molecular weight is 487 g/mol. The van der Waals surface area contributed by atoms with E-state index in [4.69, 9.17) is 9.84 Å². The number of unbranched alkanes of at least 4 members (excludes halogenated alkanes) is 3. The fourth-order valence-electron chi connectivity index (χ4n) is 4.09. The van der Waals surface area contributed by atoms with Gasteiger partial charge in [-0.05, 0) is 0 Å². The predicted octanol–water partition coefficient (Wildman–Crippen LogP) is 6.23. The van der Waals surface area contributed by atoms with Gasteiger partial charge in [0.2, 0.25) is 0 Å². The Hall–Kier alpha value is -0.851. The molecule has 152 valence electrons. The zero-order valence-electron chi connectivity index (χ0n) is 17.2. The first kappa shape index (κ1) is 22.4. The molecule has 0 aliphatic heterocycles. The molecule has 0 saturated carbocycles. The molecule has 1 heterocycles. The summed E-state index contributed by atoms with van der Waals surface area (Å²) in [5.74, 6) is 0.244. The number of nitrogens with zero attached hydrogens (tertiary/aromatic N) is 2. The molecule has 1 aromatic heterocycles. The topological polar surface area (TPSA) is 27.1 Å². The summed E-state index contributed by atoms with van der Waals surface area (Å²) in [6.45, 7) is 3.96. The number of benzene rings is 1. The molecule has 0 aliphatic carbocycles. The summed E-state index contributed by atoms with van der Waals surface area (Å²) < 4.78 is 37.3. The monoisotopic (exact) mass is 488 g/mol. The number of ether oxygens (including phenoxy) is 1. The number of hydrogen-bond donors (Lipinski definition) is 0. The van der Waals surface area contributed by atoms with Crippen molar-refractivity contribution < 1.29 is 13.5 Å². The number of halogens is 2. The molecule has 0 spiro atoms. The molecule has 0 bridgehead atoms. The third-order valence-electron chi connectivity index (χ3n) is 5.58. The maximum absolute atomic E-state index is 12.7. The van der Waals surface area contributed by atoms with E-state index >= 15 is 0 Å². The van der Waals surface area contributed by atoms with Gasteiger partial charge in [0.25, 0.3) is 0 Å². The van der Waals surface area contributed by atoms with E-state index < -0.39 is 25.0 Å². The Morgan fingerprint density at radius 3 is 2.04 bits per heavy atom. The van der Waals surface area contributed by atoms with E-state index in [2.05, 4.69) is 20.8 Å². The zero-order chi connectivity index (χ0) is 19.9. The van der Waals surface area contributed by atoms with Gasteiger partial charge < -0.3 is 0 Å². The fourth-order valence-corrected chi connectivity index (χ4v) is 20.3. The van der Waals surface area contributed by atoms with Crippen LogP contribution in [0.5, 0.6) is 5.75 Å². The standard InChI is InChI=1S/C9H7F2N2O.3C4H9.Sn/c1-13-8-3-2-7(14-9(10)11)4-6(8)5-12-13;3*1-3-4-2;/h2-4,9H,1H3;3*1,3-4H2,2H3;. The first-order valence-electron chi connectivity index (χ1n) is 10.4. The number of hydrogen-bond acceptors (Lipinski definition) is 2. The zero-order valence-corrected chi connectivity index (χ0v) is 20.1. The Morgan fingerprint density at radius 1 is 1.00 bits per heavy atom. The minimum atomic E-state index is -2.80. The van der Waals surface area contributed by atoms with Crippen molar-refractivity contribution in [3.05, 3.63) is 18.2 Å². The van der Waals surface area contributed by atoms with Gasteiger partial charge in [0.15, 0.2) is 0 Å². The molecule has 1 aromatic carbocycles. The molecule has 0 amide bonds. The fraction of sp³-hybridized carbons (Fsp3) is 0.667. The summed E-state index contributed by atoms with van der Waals surface area (Å²) in [5.41, 5.74) is 1.03. The van der Waals surface area contributed by atoms with Crippen LogP contribution in [-0.2, 0) is 7.05 Å². The van der Waals surface area contributed by atoms with Crippen molar-refractivity contribution >= 4 is 33.0 Å². The van der Waals surface area contributed by atoms with E-state index in [9.17, 15) is 8.78 Å². The molecule has 27 heavy (non-hydrogen) atoms. The van der Waals surface area contributed by atoms with Crippen molar-refractivity contribution in [2.45, 2.75) is 79.2 Å². The molecule has 6 heteroatoms. The van der Waals surface area contributed by atoms with Crippen LogP contribution in [0.15, 0.2) is 18.2 Å². The number of aryl methyl sites for hydroxylation is 1. The molecule has 0 radical (unpaired) electrons. The second kappa shape index (κ2) is 10.6. The van der Waals surface area contributed by atoms with Crippen LogP contribution in [0.3, 0.4) is 0 Å². The van der Waals surface area contributed by atoms with Crippen molar-refractivity contribution in [3.8, 4) is 5.75 Å². The molecular formula is C21H34F2N2OSn. The maximum atomic E-state index is 12.7. The SMILES string of the molecule is CCC[CH2][Sn]([CH2]CCC)([CH2]CCC)[c]1nn(C)c2ccc(OC(F)F)cc12. The van der Waals surface area contributed by atoms with Crippen molar-refractivity contribution in [2.24, 2.45) is 7.05 Å². The van der Waals surface area contributed by atoms with Crippen molar-refractivity contribution in [2.75, 3.05) is 0 Å². The van der Waals surface area contributed by atoms with Crippen LogP contribution in [0.4, 0.5) is 8.78 Å². The van der Waals surface area contributed by atoms with Crippen LogP contribution < -0.4 is 8.45 Å². The van der Waals surface area contributed by atoms with Crippen LogP contribution in [-0.4, -0.2) is 34.8 Å². The molecular weight excluding hydrogens is 453 g/mol. The van der Waals surface area contributed by atoms with Gasteiger partial charge in [-0.15, -0.1) is 0 Å². The van der Waals surface area contributed by atoms with Gasteiger partial charge in [-0.1, -0.05) is 0 Å². The number of fused-ring (bicyclic) bond motifs is 1. The van der Waals surface area contributed by atoms with Crippen LogP contribution in [0.2, 0.25) is 13.3 Å². The third kappa shape index (κ3) is 5.58. The second-order valence-corrected chi connectivity index (χ2v) is 20.6. The van der Waals surface area contributed by atoms with E-state index in [1.807, 2.05) is 17.8 Å². The van der Waals surface area contributed by atoms with E-state index in [0.29, 0.717) is 0 Å². The molecule has 2 aromatic rings. The van der Waals surface area contributed by atoms with Crippen LogP contribution in [0, 0.1) is 0 Å². The Bertz CT molecular complexity index is 696. The van der Waals surface area contributed by atoms with Gasteiger partial charge in [0.05, 0.1) is 0 Å². The Morgan fingerprint density at radius 2 is 1.56 bits per heavy atom. The predicted molar refractivity (Wildman–Crippen MR) is 112 cm³/mol. The summed E-state index contributed by atoms with van der Waals surface area (Å²) in [6.07, 6.45) is 7.32. The number of alkyl halides is 2. The van der Waals surface area contributed by atoms with Gasteiger partial charge in [-0.3, -0.25) is 0 Å². The van der Waals surface area contributed by atoms with E-state index in [1.165, 1.54) is 55.5 Å². The first-order valence-corrected chi connectivity index (χ1v) is 17.9. The quantitative estimate of drug-likeness (QED) is 0.332. The average Bonchev–Trinajstić information content (AvgIpc) is 2.98. The molecule has 2 rings (SSSR count). The minimum absolute atomic E-state index is 0.244. The Labute approximate surface area is 166 Å². The number of rotatable bonds is 12. The van der Waals surface area contributed by atoms with E-state index in [0.717, 1.165) is 10.9 Å². The van der Waals surface area contributed by atoms with Crippen LogP contribution in [0.25, 0.3) is 10.9 Å². The van der Waals surface area contributed by atoms with Gasteiger partial charge >= 0.3 is 167 Å². The van der Waals surface area contributed by atoms with Crippen molar-refractivity contribution in [1.82, 2.24) is 9.78 Å². The van der Waals surface area contributed by atoms with Crippen LogP contribution >= 0.6 is 0 Å². The molecule has 0 saturated heterocycles. The van der Waals surface area contributed by atoms with Gasteiger partial charge in [-0.25, -0.2) is 0 Å². The molecule has 0 unspecified atom stereocenters. The molecule has 0 atom stereocenters. The number of aromatic nitrogens is 2. The van der Waals surface area contributed by atoms with Crippen molar-refractivity contribution in [3.63, 3.8) is 0 Å². The van der Waals surface area contributed by atoms with Gasteiger partial charge in [0, 0.05) is 0 Å². The molecule has 0 aliphatic rings. The molecule has 0 N–H and O–H groups in total. The van der Waals surface area contributed by atoms with Crippen LogP contribution in [0.1, 0.15) is 59.3 Å². The summed E-state index contributed by atoms with van der Waals surface area (Å²) in [7, 11) is 1.97. The molecule has 3 nitrogen and oxygen atoms in total. The van der Waals surface area contributed by atoms with Gasteiger partial charge in [0.1, 0.15) is 0 Å². The Kier molecular flexibility index (Phi) is 8.83.